The highest BCUT2D eigenvalue weighted by atomic mass is 16.3. The Morgan fingerprint density at radius 1 is 1.43 bits per heavy atom. The predicted octanol–water partition coefficient (Wildman–Crippen LogP) is 2.85. The summed E-state index contributed by atoms with van der Waals surface area (Å²) in [6.07, 6.45) is 5.78. The molecule has 0 aromatic carbocycles. The van der Waals surface area contributed by atoms with Crippen LogP contribution in [0, 0.1) is 5.41 Å². The van der Waals surface area contributed by atoms with Gasteiger partial charge in [-0.15, -0.1) is 0 Å². The quantitative estimate of drug-likeness (QED) is 0.799. The average molecular weight is 195 g/mol. The summed E-state index contributed by atoms with van der Waals surface area (Å²) in [6, 6.07) is 2.57. The SMILES string of the molecule is CNC(Cc1ccoc1)CC(C)(C)C. The zero-order valence-electron chi connectivity index (χ0n) is 9.63. The zero-order valence-corrected chi connectivity index (χ0v) is 9.63. The molecule has 0 saturated heterocycles. The maximum absolute atomic E-state index is 5.06. The molecule has 1 unspecified atom stereocenters. The van der Waals surface area contributed by atoms with Crippen LogP contribution in [0.3, 0.4) is 0 Å². The van der Waals surface area contributed by atoms with Crippen molar-refractivity contribution in [2.45, 2.75) is 39.7 Å². The number of nitrogens with one attached hydrogen (secondary N) is 1. The third-order valence-electron chi connectivity index (χ3n) is 2.33. The second-order valence-electron chi connectivity index (χ2n) is 5.09. The Labute approximate surface area is 86.7 Å². The van der Waals surface area contributed by atoms with Gasteiger partial charge >= 0.3 is 0 Å². The van der Waals surface area contributed by atoms with Gasteiger partial charge in [-0.25, -0.2) is 0 Å². The first-order valence-corrected chi connectivity index (χ1v) is 5.19. The molecular weight excluding hydrogens is 174 g/mol. The van der Waals surface area contributed by atoms with Gasteiger partial charge in [0.25, 0.3) is 0 Å². The molecule has 80 valence electrons. The van der Waals surface area contributed by atoms with E-state index in [0.717, 1.165) is 6.42 Å². The van der Waals surface area contributed by atoms with E-state index in [1.165, 1.54) is 12.0 Å². The maximum atomic E-state index is 5.06. The minimum atomic E-state index is 0.372. The van der Waals surface area contributed by atoms with Crippen LogP contribution in [0.4, 0.5) is 0 Å². The molecule has 1 atom stereocenters. The Morgan fingerprint density at radius 2 is 2.14 bits per heavy atom. The van der Waals surface area contributed by atoms with Gasteiger partial charge in [-0.05, 0) is 36.9 Å². The van der Waals surface area contributed by atoms with Crippen LogP contribution in [-0.4, -0.2) is 13.1 Å². The molecule has 0 radical (unpaired) electrons. The molecule has 1 N–H and O–H groups in total. The Balaban J connectivity index is 2.47. The van der Waals surface area contributed by atoms with Crippen molar-refractivity contribution in [3.05, 3.63) is 24.2 Å². The van der Waals surface area contributed by atoms with Crippen LogP contribution in [0.25, 0.3) is 0 Å². The lowest BCUT2D eigenvalue weighted by Gasteiger charge is -2.25. The van der Waals surface area contributed by atoms with Crippen molar-refractivity contribution >= 4 is 0 Å². The fraction of sp³-hybridized carbons (Fsp3) is 0.667. The van der Waals surface area contributed by atoms with Crippen molar-refractivity contribution in [2.24, 2.45) is 5.41 Å². The molecule has 0 amide bonds. The third kappa shape index (κ3) is 3.97. The van der Waals surface area contributed by atoms with Crippen molar-refractivity contribution in [2.75, 3.05) is 7.05 Å². The Bertz CT molecular complexity index is 246. The summed E-state index contributed by atoms with van der Waals surface area (Å²) in [5.74, 6) is 0. The van der Waals surface area contributed by atoms with Crippen LogP contribution in [0.15, 0.2) is 23.0 Å². The van der Waals surface area contributed by atoms with E-state index in [0.29, 0.717) is 11.5 Å². The van der Waals surface area contributed by atoms with Gasteiger partial charge in [0.1, 0.15) is 0 Å². The number of furan rings is 1. The summed E-state index contributed by atoms with van der Waals surface area (Å²) >= 11 is 0. The lowest BCUT2D eigenvalue weighted by atomic mass is 9.86. The molecular formula is C12H21NO. The molecule has 0 saturated carbocycles. The van der Waals surface area contributed by atoms with Crippen LogP contribution < -0.4 is 5.32 Å². The van der Waals surface area contributed by atoms with E-state index in [1.54, 1.807) is 6.26 Å². The van der Waals surface area contributed by atoms with Crippen molar-refractivity contribution in [1.82, 2.24) is 5.32 Å². The van der Waals surface area contributed by atoms with Crippen LogP contribution in [-0.2, 0) is 6.42 Å². The Morgan fingerprint density at radius 3 is 2.57 bits per heavy atom. The molecule has 2 nitrogen and oxygen atoms in total. The molecule has 1 aromatic rings. The second-order valence-corrected chi connectivity index (χ2v) is 5.09. The minimum Gasteiger partial charge on any atom is -0.472 e. The van der Waals surface area contributed by atoms with Crippen molar-refractivity contribution < 1.29 is 4.42 Å². The molecule has 0 aliphatic carbocycles. The molecule has 1 rings (SSSR count). The molecule has 0 bridgehead atoms. The normalized spacial score (nSPS) is 14.3. The minimum absolute atomic E-state index is 0.372. The fourth-order valence-corrected chi connectivity index (χ4v) is 1.71. The highest BCUT2D eigenvalue weighted by molar-refractivity contribution is 5.07. The topological polar surface area (TPSA) is 25.2 Å². The van der Waals surface area contributed by atoms with E-state index in [2.05, 4.69) is 26.1 Å². The van der Waals surface area contributed by atoms with Crippen molar-refractivity contribution in [3.63, 3.8) is 0 Å². The number of hydrogen-bond donors (Lipinski definition) is 1. The van der Waals surface area contributed by atoms with Crippen molar-refractivity contribution in [1.29, 1.82) is 0 Å². The van der Waals surface area contributed by atoms with E-state index in [1.807, 2.05) is 19.4 Å². The average Bonchev–Trinajstić information content (AvgIpc) is 2.53. The van der Waals surface area contributed by atoms with E-state index in [-0.39, 0.29) is 0 Å². The van der Waals surface area contributed by atoms with Crippen LogP contribution in [0.5, 0.6) is 0 Å². The number of rotatable bonds is 4. The summed E-state index contributed by atoms with van der Waals surface area (Å²) in [4.78, 5) is 0. The third-order valence-corrected chi connectivity index (χ3v) is 2.33. The van der Waals surface area contributed by atoms with Crippen LogP contribution in [0.1, 0.15) is 32.8 Å². The Kier molecular flexibility index (Phi) is 3.76. The van der Waals surface area contributed by atoms with Gasteiger partial charge in [-0.1, -0.05) is 20.8 Å². The van der Waals surface area contributed by atoms with E-state index >= 15 is 0 Å². The van der Waals surface area contributed by atoms with Gasteiger partial charge in [-0.2, -0.15) is 0 Å². The molecule has 1 aromatic heterocycles. The van der Waals surface area contributed by atoms with E-state index in [4.69, 9.17) is 4.42 Å². The summed E-state index contributed by atoms with van der Waals surface area (Å²) in [6.45, 7) is 6.81. The monoisotopic (exact) mass is 195 g/mol. The number of likely N-dealkylation sites (N-methyl/N-ethyl adjacent to an activating group) is 1. The van der Waals surface area contributed by atoms with Crippen LogP contribution in [0.2, 0.25) is 0 Å². The predicted molar refractivity (Wildman–Crippen MR) is 59.3 cm³/mol. The molecule has 14 heavy (non-hydrogen) atoms. The van der Waals surface area contributed by atoms with Gasteiger partial charge in [-0.3, -0.25) is 0 Å². The standard InChI is InChI=1S/C12H21NO/c1-12(2,3)8-11(13-4)7-10-5-6-14-9-10/h5-6,9,11,13H,7-8H2,1-4H3. The first-order chi connectivity index (χ1) is 6.51. The molecule has 0 fully saturated rings. The summed E-state index contributed by atoms with van der Waals surface area (Å²) in [5, 5.41) is 3.36. The second kappa shape index (κ2) is 4.65. The summed E-state index contributed by atoms with van der Waals surface area (Å²) in [5.41, 5.74) is 1.64. The first kappa shape index (κ1) is 11.3. The molecule has 0 aliphatic heterocycles. The maximum Gasteiger partial charge on any atom is 0.0935 e. The summed E-state index contributed by atoms with van der Waals surface area (Å²) < 4.78 is 5.06. The highest BCUT2D eigenvalue weighted by Crippen LogP contribution is 2.22. The molecule has 1 heterocycles. The van der Waals surface area contributed by atoms with Crippen molar-refractivity contribution in [3.8, 4) is 0 Å². The van der Waals surface area contributed by atoms with Gasteiger partial charge in [0.15, 0.2) is 0 Å². The smallest absolute Gasteiger partial charge is 0.0935 e. The van der Waals surface area contributed by atoms with Crippen LogP contribution >= 0.6 is 0 Å². The molecule has 0 spiro atoms. The first-order valence-electron chi connectivity index (χ1n) is 5.19. The highest BCUT2D eigenvalue weighted by Gasteiger charge is 2.17. The van der Waals surface area contributed by atoms with Gasteiger partial charge in [0.05, 0.1) is 12.5 Å². The largest absolute Gasteiger partial charge is 0.472 e. The zero-order chi connectivity index (χ0) is 10.6. The molecule has 0 aliphatic rings. The van der Waals surface area contributed by atoms with Gasteiger partial charge < -0.3 is 9.73 Å². The number of hydrogen-bond acceptors (Lipinski definition) is 2. The lowest BCUT2D eigenvalue weighted by molar-refractivity contribution is 0.315. The van der Waals surface area contributed by atoms with Gasteiger partial charge in [0, 0.05) is 6.04 Å². The lowest BCUT2D eigenvalue weighted by Crippen LogP contribution is -2.31. The van der Waals surface area contributed by atoms with E-state index < -0.39 is 0 Å². The molecule has 2 heteroatoms. The van der Waals surface area contributed by atoms with E-state index in [9.17, 15) is 0 Å². The fourth-order valence-electron chi connectivity index (χ4n) is 1.71. The Hall–Kier alpha value is -0.760. The van der Waals surface area contributed by atoms with Gasteiger partial charge in [0.2, 0.25) is 0 Å². The summed E-state index contributed by atoms with van der Waals surface area (Å²) in [7, 11) is 2.02.